The predicted octanol–water partition coefficient (Wildman–Crippen LogP) is 1.87. The van der Waals surface area contributed by atoms with E-state index in [1.54, 1.807) is 20.3 Å². The average Bonchev–Trinajstić information content (AvgIpc) is 2.34. The fourth-order valence-corrected chi connectivity index (χ4v) is 1.13. The zero-order chi connectivity index (χ0) is 11.8. The molecule has 0 saturated carbocycles. The molecule has 1 aromatic heterocycles. The zero-order valence-corrected chi connectivity index (χ0v) is 9.86. The zero-order valence-electron chi connectivity index (χ0n) is 9.86. The average molecular weight is 223 g/mol. The molecule has 16 heavy (non-hydrogen) atoms. The van der Waals surface area contributed by atoms with Crippen LogP contribution < -0.4 is 14.8 Å². The molecule has 0 aliphatic carbocycles. The van der Waals surface area contributed by atoms with Crippen LogP contribution in [0.3, 0.4) is 0 Å². The number of aromatic nitrogens is 2. The van der Waals surface area contributed by atoms with Gasteiger partial charge in [0.25, 0.3) is 0 Å². The molecule has 0 amide bonds. The summed E-state index contributed by atoms with van der Waals surface area (Å²) >= 11 is 0. The number of nitrogens with one attached hydrogen (secondary N) is 1. The Bertz CT molecular complexity index is 331. The maximum absolute atomic E-state index is 5.04. The summed E-state index contributed by atoms with van der Waals surface area (Å²) in [6.07, 6.45) is 5.01. The Morgan fingerprint density at radius 1 is 1.25 bits per heavy atom. The number of rotatable bonds is 6. The summed E-state index contributed by atoms with van der Waals surface area (Å²) in [5.74, 6) is 1.49. The molecule has 0 unspecified atom stereocenters. The molecule has 0 fully saturated rings. The second kappa shape index (κ2) is 6.66. The van der Waals surface area contributed by atoms with Crippen LogP contribution in [-0.2, 0) is 0 Å². The Hall–Kier alpha value is -1.78. The molecule has 0 saturated heterocycles. The van der Waals surface area contributed by atoms with Crippen LogP contribution >= 0.6 is 0 Å². The van der Waals surface area contributed by atoms with E-state index in [2.05, 4.69) is 21.4 Å². The van der Waals surface area contributed by atoms with E-state index in [9.17, 15) is 0 Å². The topological polar surface area (TPSA) is 56.3 Å². The molecule has 1 heterocycles. The molecule has 5 nitrogen and oxygen atoms in total. The molecule has 1 N–H and O–H groups in total. The first kappa shape index (κ1) is 12.3. The Labute approximate surface area is 95.5 Å². The molecule has 0 bridgehead atoms. The van der Waals surface area contributed by atoms with Gasteiger partial charge in [-0.25, -0.2) is 0 Å². The molecule has 0 spiro atoms. The highest BCUT2D eigenvalue weighted by atomic mass is 16.5. The molecule has 1 aromatic rings. The summed E-state index contributed by atoms with van der Waals surface area (Å²) < 4.78 is 10.1. The third-order valence-corrected chi connectivity index (χ3v) is 1.93. The first-order valence-corrected chi connectivity index (χ1v) is 5.12. The van der Waals surface area contributed by atoms with Crippen molar-refractivity contribution in [1.82, 2.24) is 9.97 Å². The Morgan fingerprint density at radius 3 is 2.38 bits per heavy atom. The maximum Gasteiger partial charge on any atom is 0.229 e. The summed E-state index contributed by atoms with van der Waals surface area (Å²) in [5.41, 5.74) is 0. The van der Waals surface area contributed by atoms with E-state index in [1.807, 2.05) is 13.0 Å². The van der Waals surface area contributed by atoms with Crippen molar-refractivity contribution in [3.8, 4) is 11.8 Å². The van der Waals surface area contributed by atoms with Crippen LogP contribution in [0.4, 0.5) is 5.95 Å². The van der Waals surface area contributed by atoms with Gasteiger partial charge >= 0.3 is 0 Å². The van der Waals surface area contributed by atoms with Crippen LogP contribution in [0.2, 0.25) is 0 Å². The van der Waals surface area contributed by atoms with Gasteiger partial charge in [-0.05, 0) is 13.3 Å². The van der Waals surface area contributed by atoms with Gasteiger partial charge < -0.3 is 14.8 Å². The quantitative estimate of drug-likeness (QED) is 0.589. The number of hydrogen-bond donors (Lipinski definition) is 1. The van der Waals surface area contributed by atoms with Crippen molar-refractivity contribution in [2.75, 3.05) is 26.1 Å². The smallest absolute Gasteiger partial charge is 0.229 e. The molecule has 5 heteroatoms. The van der Waals surface area contributed by atoms with Crippen molar-refractivity contribution < 1.29 is 9.47 Å². The van der Waals surface area contributed by atoms with Crippen LogP contribution in [0.15, 0.2) is 18.2 Å². The van der Waals surface area contributed by atoms with Crippen LogP contribution in [0.25, 0.3) is 0 Å². The predicted molar refractivity (Wildman–Crippen MR) is 63.1 cm³/mol. The lowest BCUT2D eigenvalue weighted by Crippen LogP contribution is -2.06. The van der Waals surface area contributed by atoms with E-state index in [0.717, 1.165) is 13.0 Å². The molecule has 0 atom stereocenters. The third-order valence-electron chi connectivity index (χ3n) is 1.93. The van der Waals surface area contributed by atoms with Crippen LogP contribution in [0.1, 0.15) is 13.3 Å². The summed E-state index contributed by atoms with van der Waals surface area (Å²) in [5, 5.41) is 3.10. The highest BCUT2D eigenvalue weighted by molar-refractivity contribution is 5.33. The fourth-order valence-electron chi connectivity index (χ4n) is 1.13. The van der Waals surface area contributed by atoms with Crippen LogP contribution in [0.5, 0.6) is 11.8 Å². The standard InChI is InChI=1S/C11H17N3O2/c1-4-5-6-7-12-11-13-9(15-2)8-10(14-11)16-3/h4-5,8H,6-7H2,1-3H3,(H,12,13,14)/b5-4+. The van der Waals surface area contributed by atoms with Crippen molar-refractivity contribution in [2.45, 2.75) is 13.3 Å². The SMILES string of the molecule is C/C=C/CCNc1nc(OC)cc(OC)n1. The molecule has 0 aromatic carbocycles. The summed E-state index contributed by atoms with van der Waals surface area (Å²) in [4.78, 5) is 8.30. The monoisotopic (exact) mass is 223 g/mol. The second-order valence-corrected chi connectivity index (χ2v) is 3.06. The van der Waals surface area contributed by atoms with E-state index < -0.39 is 0 Å². The minimum atomic E-state index is 0.486. The van der Waals surface area contributed by atoms with E-state index >= 15 is 0 Å². The van der Waals surface area contributed by atoms with Gasteiger partial charge in [0.05, 0.1) is 20.3 Å². The van der Waals surface area contributed by atoms with Crippen molar-refractivity contribution in [3.05, 3.63) is 18.2 Å². The van der Waals surface area contributed by atoms with Gasteiger partial charge in [-0.2, -0.15) is 9.97 Å². The number of methoxy groups -OCH3 is 2. The van der Waals surface area contributed by atoms with Gasteiger partial charge in [0, 0.05) is 6.54 Å². The molecular formula is C11H17N3O2. The van der Waals surface area contributed by atoms with Gasteiger partial charge in [0.15, 0.2) is 0 Å². The van der Waals surface area contributed by atoms with E-state index in [4.69, 9.17) is 9.47 Å². The van der Waals surface area contributed by atoms with Gasteiger partial charge in [-0.15, -0.1) is 0 Å². The van der Waals surface area contributed by atoms with Gasteiger partial charge in [-0.3, -0.25) is 0 Å². The highest BCUT2D eigenvalue weighted by Gasteiger charge is 2.03. The Balaban J connectivity index is 2.63. The minimum Gasteiger partial charge on any atom is -0.481 e. The van der Waals surface area contributed by atoms with Crippen LogP contribution in [-0.4, -0.2) is 30.7 Å². The molecular weight excluding hydrogens is 206 g/mol. The molecule has 0 aliphatic heterocycles. The number of nitrogens with zero attached hydrogens (tertiary/aromatic N) is 2. The number of anilines is 1. The lowest BCUT2D eigenvalue weighted by molar-refractivity contribution is 0.373. The first-order valence-electron chi connectivity index (χ1n) is 5.12. The van der Waals surface area contributed by atoms with Crippen LogP contribution in [0, 0.1) is 0 Å². The summed E-state index contributed by atoms with van der Waals surface area (Å²) in [7, 11) is 3.12. The number of ether oxygens (including phenoxy) is 2. The van der Waals surface area contributed by atoms with Gasteiger partial charge in [0.2, 0.25) is 17.7 Å². The van der Waals surface area contributed by atoms with Gasteiger partial charge in [0.1, 0.15) is 0 Å². The van der Waals surface area contributed by atoms with Gasteiger partial charge in [-0.1, -0.05) is 12.2 Å². The van der Waals surface area contributed by atoms with Crippen molar-refractivity contribution in [3.63, 3.8) is 0 Å². The first-order chi connectivity index (χ1) is 7.80. The fraction of sp³-hybridized carbons (Fsp3) is 0.455. The summed E-state index contributed by atoms with van der Waals surface area (Å²) in [6.45, 7) is 2.77. The highest BCUT2D eigenvalue weighted by Crippen LogP contribution is 2.16. The second-order valence-electron chi connectivity index (χ2n) is 3.06. The molecule has 88 valence electrons. The normalized spacial score (nSPS) is 10.4. The van der Waals surface area contributed by atoms with Crippen molar-refractivity contribution in [2.24, 2.45) is 0 Å². The maximum atomic E-state index is 5.04. The largest absolute Gasteiger partial charge is 0.481 e. The molecule has 1 rings (SSSR count). The Morgan fingerprint density at radius 2 is 1.88 bits per heavy atom. The third kappa shape index (κ3) is 3.76. The number of allylic oxidation sites excluding steroid dienone is 1. The van der Waals surface area contributed by atoms with Crippen molar-refractivity contribution >= 4 is 5.95 Å². The molecule has 0 aliphatic rings. The lowest BCUT2D eigenvalue weighted by Gasteiger charge is -2.07. The lowest BCUT2D eigenvalue weighted by atomic mass is 10.4. The Kier molecular flexibility index (Phi) is 5.11. The summed E-state index contributed by atoms with van der Waals surface area (Å²) in [6, 6.07) is 1.64. The van der Waals surface area contributed by atoms with Crippen molar-refractivity contribution in [1.29, 1.82) is 0 Å². The molecule has 0 radical (unpaired) electrons. The van der Waals surface area contributed by atoms with E-state index in [1.165, 1.54) is 0 Å². The minimum absolute atomic E-state index is 0.486. The van der Waals surface area contributed by atoms with E-state index in [-0.39, 0.29) is 0 Å². The van der Waals surface area contributed by atoms with E-state index in [0.29, 0.717) is 17.7 Å². The number of hydrogen-bond acceptors (Lipinski definition) is 5.